The van der Waals surface area contributed by atoms with Crippen LogP contribution in [0.4, 0.5) is 0 Å². The zero-order valence-corrected chi connectivity index (χ0v) is 4.59. The highest BCUT2D eigenvalue weighted by Gasteiger charge is 1.87. The molecule has 0 spiro atoms. The van der Waals surface area contributed by atoms with Crippen molar-refractivity contribution < 1.29 is 5.11 Å². The van der Waals surface area contributed by atoms with E-state index in [0.29, 0.717) is 0 Å². The maximum atomic E-state index is 10.5. The van der Waals surface area contributed by atoms with Crippen LogP contribution < -0.4 is 0 Å². The maximum absolute atomic E-state index is 10.5. The van der Waals surface area contributed by atoms with Gasteiger partial charge in [0.25, 0.3) is 0 Å². The molecule has 2 nitrogen and oxygen atoms in total. The Morgan fingerprint density at radius 1 is 1.62 bits per heavy atom. The molecule has 0 unspecified atom stereocenters. The molecule has 2 heteroatoms. The van der Waals surface area contributed by atoms with Crippen LogP contribution in [0.15, 0.2) is 18.3 Å². The lowest BCUT2D eigenvalue weighted by Crippen LogP contribution is -1.74. The van der Waals surface area contributed by atoms with E-state index in [1.54, 1.807) is 6.92 Å². The second-order valence-electron chi connectivity index (χ2n) is 1.63. The molecule has 0 aliphatic carbocycles. The predicted octanol–water partition coefficient (Wildman–Crippen LogP) is 1.53. The molecule has 1 aromatic heterocycles. The van der Waals surface area contributed by atoms with Gasteiger partial charge in [0.2, 0.25) is 0 Å². The zero-order valence-electron chi connectivity index (χ0n) is 4.59. The van der Waals surface area contributed by atoms with Crippen LogP contribution in [0.3, 0.4) is 0 Å². The van der Waals surface area contributed by atoms with E-state index >= 15 is 0 Å². The summed E-state index contributed by atoms with van der Waals surface area (Å²) in [5.74, 6) is 0.0255. The van der Waals surface area contributed by atoms with Gasteiger partial charge in [0.15, 0.2) is 5.75 Å². The molecule has 0 amide bonds. The fourth-order valence-corrected chi connectivity index (χ4v) is 0.520. The summed E-state index contributed by atoms with van der Waals surface area (Å²) in [7, 11) is 0. The van der Waals surface area contributed by atoms with Crippen LogP contribution in [0.2, 0.25) is 0 Å². The second kappa shape index (κ2) is 1.82. The van der Waals surface area contributed by atoms with E-state index in [-0.39, 0.29) is 5.75 Å². The minimum absolute atomic E-state index is 0.0255. The molecule has 0 fully saturated rings. The Kier molecular flexibility index (Phi) is 1.16. The third-order valence-corrected chi connectivity index (χ3v) is 0.868. The number of hydrogen-bond acceptors (Lipinski definition) is 1. The molecule has 1 aromatic rings. The first-order valence-corrected chi connectivity index (χ1v) is 2.39. The van der Waals surface area contributed by atoms with Crippen molar-refractivity contribution in [1.82, 2.24) is 4.98 Å². The topological polar surface area (TPSA) is 32.8 Å². The summed E-state index contributed by atoms with van der Waals surface area (Å²) < 4.78 is 0. The standard InChI is InChI=1S/C6H6NO/c1-5-4-6(8)2-3-7-5/h2-4H,1H3. The molecule has 1 radical (unpaired) electrons. The molecular formula is C6H6NO. The number of aryl methyl sites for hydroxylation is 1. The molecule has 0 saturated carbocycles. The Morgan fingerprint density at radius 2 is 2.38 bits per heavy atom. The van der Waals surface area contributed by atoms with Crippen molar-refractivity contribution in [2.75, 3.05) is 0 Å². The number of hydrogen-bond donors (Lipinski definition) is 0. The van der Waals surface area contributed by atoms with Gasteiger partial charge in [-0.25, -0.2) is 0 Å². The van der Waals surface area contributed by atoms with Gasteiger partial charge in [-0.15, -0.1) is 0 Å². The molecule has 0 N–H and O–H groups in total. The summed E-state index contributed by atoms with van der Waals surface area (Å²) in [6, 6.07) is 2.94. The molecule has 0 aliphatic heterocycles. The maximum Gasteiger partial charge on any atom is 0.181 e. The van der Waals surface area contributed by atoms with Gasteiger partial charge in [-0.3, -0.25) is 10.1 Å². The van der Waals surface area contributed by atoms with Gasteiger partial charge >= 0.3 is 0 Å². The van der Waals surface area contributed by atoms with E-state index in [0.717, 1.165) is 5.69 Å². The van der Waals surface area contributed by atoms with Crippen LogP contribution in [0.5, 0.6) is 5.75 Å². The molecule has 0 aromatic carbocycles. The fraction of sp³-hybridized carbons (Fsp3) is 0.167. The minimum atomic E-state index is 0.0255. The van der Waals surface area contributed by atoms with Gasteiger partial charge in [-0.1, -0.05) is 0 Å². The second-order valence-corrected chi connectivity index (χ2v) is 1.63. The lowest BCUT2D eigenvalue weighted by molar-refractivity contribution is 0.354. The molecule has 0 aliphatic rings. The zero-order chi connectivity index (χ0) is 5.98. The van der Waals surface area contributed by atoms with Crippen molar-refractivity contribution in [2.45, 2.75) is 6.92 Å². The molecule has 0 saturated heterocycles. The first-order chi connectivity index (χ1) is 3.79. The smallest absolute Gasteiger partial charge is 0.181 e. The SMILES string of the molecule is Cc1cc([O])ccn1. The van der Waals surface area contributed by atoms with E-state index in [1.165, 1.54) is 18.3 Å². The van der Waals surface area contributed by atoms with Crippen LogP contribution in [-0.2, 0) is 5.11 Å². The van der Waals surface area contributed by atoms with Crippen LogP contribution in [0.1, 0.15) is 5.69 Å². The number of rotatable bonds is 0. The first kappa shape index (κ1) is 5.09. The highest BCUT2D eigenvalue weighted by molar-refractivity contribution is 5.19. The van der Waals surface area contributed by atoms with E-state index in [4.69, 9.17) is 0 Å². The fourth-order valence-electron chi connectivity index (χ4n) is 0.520. The summed E-state index contributed by atoms with van der Waals surface area (Å²) >= 11 is 0. The summed E-state index contributed by atoms with van der Waals surface area (Å²) in [6.07, 6.45) is 1.51. The van der Waals surface area contributed by atoms with E-state index in [2.05, 4.69) is 4.98 Å². The Bertz CT molecular complexity index is 168. The highest BCUT2D eigenvalue weighted by atomic mass is 16.3. The van der Waals surface area contributed by atoms with E-state index in [9.17, 15) is 5.11 Å². The van der Waals surface area contributed by atoms with Crippen molar-refractivity contribution >= 4 is 0 Å². The van der Waals surface area contributed by atoms with Gasteiger partial charge in [0.1, 0.15) is 0 Å². The van der Waals surface area contributed by atoms with Crippen LogP contribution in [0, 0.1) is 6.92 Å². The van der Waals surface area contributed by atoms with Crippen molar-refractivity contribution in [3.05, 3.63) is 24.0 Å². The Balaban J connectivity index is 3.08. The average molecular weight is 108 g/mol. The quantitative estimate of drug-likeness (QED) is 0.496. The highest BCUT2D eigenvalue weighted by Crippen LogP contribution is 2.06. The van der Waals surface area contributed by atoms with E-state index < -0.39 is 0 Å². The summed E-state index contributed by atoms with van der Waals surface area (Å²) in [5.41, 5.74) is 0.775. The molecule has 1 rings (SSSR count). The van der Waals surface area contributed by atoms with Crippen molar-refractivity contribution in [2.24, 2.45) is 0 Å². The van der Waals surface area contributed by atoms with Gasteiger partial charge in [-0.05, 0) is 6.92 Å². The lowest BCUT2D eigenvalue weighted by Gasteiger charge is -1.86. The van der Waals surface area contributed by atoms with Gasteiger partial charge in [0, 0.05) is 24.0 Å². The van der Waals surface area contributed by atoms with Gasteiger partial charge < -0.3 is 0 Å². The Labute approximate surface area is 47.8 Å². The van der Waals surface area contributed by atoms with E-state index in [1.807, 2.05) is 0 Å². The molecule has 41 valence electrons. The lowest BCUT2D eigenvalue weighted by atomic mass is 10.4. The molecule has 8 heavy (non-hydrogen) atoms. The third kappa shape index (κ3) is 0.964. The summed E-state index contributed by atoms with van der Waals surface area (Å²) in [6.45, 7) is 1.79. The van der Waals surface area contributed by atoms with Gasteiger partial charge in [0.05, 0.1) is 0 Å². The number of aromatic nitrogens is 1. The number of nitrogens with zero attached hydrogens (tertiary/aromatic N) is 1. The summed E-state index contributed by atoms with van der Waals surface area (Å²) in [5, 5.41) is 10.5. The van der Waals surface area contributed by atoms with Crippen LogP contribution >= 0.6 is 0 Å². The Morgan fingerprint density at radius 3 is 2.75 bits per heavy atom. The average Bonchev–Trinajstić information content (AvgIpc) is 1.64. The monoisotopic (exact) mass is 108 g/mol. The molecule has 0 atom stereocenters. The molecule has 1 heterocycles. The molecular weight excluding hydrogens is 102 g/mol. The van der Waals surface area contributed by atoms with Crippen molar-refractivity contribution in [3.63, 3.8) is 0 Å². The number of pyridine rings is 1. The van der Waals surface area contributed by atoms with Crippen LogP contribution in [-0.4, -0.2) is 4.98 Å². The third-order valence-electron chi connectivity index (χ3n) is 0.868. The Hall–Kier alpha value is -1.05. The first-order valence-electron chi connectivity index (χ1n) is 2.39. The van der Waals surface area contributed by atoms with Crippen molar-refractivity contribution in [1.29, 1.82) is 0 Å². The normalized spacial score (nSPS) is 9.12. The largest absolute Gasteiger partial charge is 0.290 e. The minimum Gasteiger partial charge on any atom is -0.290 e. The molecule has 0 bridgehead atoms. The predicted molar refractivity (Wildman–Crippen MR) is 29.1 cm³/mol. The van der Waals surface area contributed by atoms with Gasteiger partial charge in [-0.2, -0.15) is 0 Å². The summed E-state index contributed by atoms with van der Waals surface area (Å²) in [4.78, 5) is 3.84. The van der Waals surface area contributed by atoms with Crippen LogP contribution in [0.25, 0.3) is 0 Å². The van der Waals surface area contributed by atoms with Crippen molar-refractivity contribution in [3.8, 4) is 5.75 Å².